The van der Waals surface area contributed by atoms with Gasteiger partial charge in [-0.3, -0.25) is 4.79 Å². The van der Waals surface area contributed by atoms with Gasteiger partial charge in [0.15, 0.2) is 0 Å². The summed E-state index contributed by atoms with van der Waals surface area (Å²) in [6.45, 7) is 0.451. The Morgan fingerprint density at radius 2 is 2.32 bits per heavy atom. The van der Waals surface area contributed by atoms with Crippen LogP contribution in [-0.4, -0.2) is 30.8 Å². The maximum atomic E-state index is 12.0. The summed E-state index contributed by atoms with van der Waals surface area (Å²) in [5, 5.41) is 13.0. The molecule has 2 N–H and O–H groups in total. The third-order valence-corrected chi connectivity index (χ3v) is 3.53. The number of aliphatic hydroxyl groups excluding tert-OH is 1. The molecule has 0 radical (unpaired) electrons. The van der Waals surface area contributed by atoms with Gasteiger partial charge in [0.1, 0.15) is 5.75 Å². The molecule has 5 heteroatoms. The van der Waals surface area contributed by atoms with E-state index in [1.54, 1.807) is 18.2 Å². The van der Waals surface area contributed by atoms with Gasteiger partial charge in [-0.15, -0.1) is 0 Å². The van der Waals surface area contributed by atoms with Crippen LogP contribution in [0.25, 0.3) is 0 Å². The first-order chi connectivity index (χ1) is 9.11. The van der Waals surface area contributed by atoms with E-state index in [1.165, 1.54) is 7.11 Å². The second-order valence-electron chi connectivity index (χ2n) is 4.79. The molecule has 1 fully saturated rings. The number of carbonyl (C=O) groups excluding carboxylic acids is 1. The Bertz CT molecular complexity index is 460. The number of benzene rings is 1. The number of halogens is 1. The predicted molar refractivity (Wildman–Crippen MR) is 73.7 cm³/mol. The van der Waals surface area contributed by atoms with Crippen molar-refractivity contribution in [2.24, 2.45) is 5.92 Å². The average Bonchev–Trinajstić information content (AvgIpc) is 3.22. The first-order valence-corrected chi connectivity index (χ1v) is 6.79. The number of methoxy groups -OCH3 is 1. The van der Waals surface area contributed by atoms with Crippen LogP contribution >= 0.6 is 11.6 Å². The number of amides is 1. The minimum absolute atomic E-state index is 0.234. The summed E-state index contributed by atoms with van der Waals surface area (Å²) in [6.07, 6.45) is 2.47. The molecule has 1 aromatic carbocycles. The van der Waals surface area contributed by atoms with Gasteiger partial charge < -0.3 is 15.2 Å². The lowest BCUT2D eigenvalue weighted by atomic mass is 10.1. The van der Waals surface area contributed by atoms with Gasteiger partial charge in [-0.1, -0.05) is 11.6 Å². The van der Waals surface area contributed by atoms with E-state index in [2.05, 4.69) is 5.32 Å². The van der Waals surface area contributed by atoms with Crippen LogP contribution in [0, 0.1) is 5.92 Å². The molecule has 19 heavy (non-hydrogen) atoms. The van der Waals surface area contributed by atoms with E-state index in [1.807, 2.05) is 0 Å². The van der Waals surface area contributed by atoms with Crippen molar-refractivity contribution in [3.05, 3.63) is 28.8 Å². The zero-order chi connectivity index (χ0) is 13.8. The van der Waals surface area contributed by atoms with Gasteiger partial charge in [0.25, 0.3) is 5.91 Å². The van der Waals surface area contributed by atoms with Gasteiger partial charge in [0.2, 0.25) is 0 Å². The number of nitrogens with one attached hydrogen (secondary N) is 1. The second kappa shape index (κ2) is 6.26. The van der Waals surface area contributed by atoms with Crippen molar-refractivity contribution in [1.82, 2.24) is 5.32 Å². The fourth-order valence-corrected chi connectivity index (χ4v) is 2.18. The van der Waals surface area contributed by atoms with Crippen molar-refractivity contribution < 1.29 is 14.6 Å². The SMILES string of the molecule is COc1ccc(Cl)cc1C(=O)NCCC(O)C1CC1. The zero-order valence-corrected chi connectivity index (χ0v) is 11.6. The fraction of sp³-hybridized carbons (Fsp3) is 0.500. The molecule has 0 aliphatic heterocycles. The highest BCUT2D eigenvalue weighted by Gasteiger charge is 2.29. The Labute approximate surface area is 117 Å². The molecule has 0 spiro atoms. The van der Waals surface area contributed by atoms with E-state index >= 15 is 0 Å². The van der Waals surface area contributed by atoms with E-state index in [0.29, 0.717) is 35.2 Å². The second-order valence-corrected chi connectivity index (χ2v) is 5.23. The van der Waals surface area contributed by atoms with Gasteiger partial charge in [0, 0.05) is 11.6 Å². The van der Waals surface area contributed by atoms with Gasteiger partial charge in [-0.2, -0.15) is 0 Å². The van der Waals surface area contributed by atoms with E-state index in [-0.39, 0.29) is 12.0 Å². The third kappa shape index (κ3) is 3.85. The molecule has 1 amide bonds. The number of hydrogen-bond donors (Lipinski definition) is 2. The lowest BCUT2D eigenvalue weighted by molar-refractivity contribution is 0.0934. The third-order valence-electron chi connectivity index (χ3n) is 3.30. The van der Waals surface area contributed by atoms with Gasteiger partial charge in [0.05, 0.1) is 18.8 Å². The van der Waals surface area contributed by atoms with Crippen LogP contribution < -0.4 is 10.1 Å². The highest BCUT2D eigenvalue weighted by atomic mass is 35.5. The standard InChI is InChI=1S/C14H18ClNO3/c1-19-13-5-4-10(15)8-11(13)14(18)16-7-6-12(17)9-2-3-9/h4-5,8-9,12,17H,2-3,6-7H2,1H3,(H,16,18). The highest BCUT2D eigenvalue weighted by Crippen LogP contribution is 2.33. The summed E-state index contributed by atoms with van der Waals surface area (Å²) in [4.78, 5) is 12.0. The zero-order valence-electron chi connectivity index (χ0n) is 10.9. The molecule has 104 valence electrons. The van der Waals surface area contributed by atoms with Crippen molar-refractivity contribution >= 4 is 17.5 Å². The molecule has 0 aromatic heterocycles. The Morgan fingerprint density at radius 3 is 2.95 bits per heavy atom. The molecule has 1 atom stereocenters. The molecule has 1 aliphatic rings. The Hall–Kier alpha value is -1.26. The largest absolute Gasteiger partial charge is 0.496 e. The molecular weight excluding hydrogens is 266 g/mol. The van der Waals surface area contributed by atoms with E-state index in [0.717, 1.165) is 12.8 Å². The lowest BCUT2D eigenvalue weighted by Crippen LogP contribution is -2.28. The maximum Gasteiger partial charge on any atom is 0.255 e. The van der Waals surface area contributed by atoms with Crippen LogP contribution in [0.2, 0.25) is 5.02 Å². The number of aliphatic hydroxyl groups is 1. The summed E-state index contributed by atoms with van der Waals surface area (Å²) in [5.41, 5.74) is 0.413. The van der Waals surface area contributed by atoms with E-state index in [9.17, 15) is 9.90 Å². The summed E-state index contributed by atoms with van der Waals surface area (Å²) in [6, 6.07) is 4.91. The summed E-state index contributed by atoms with van der Waals surface area (Å²) < 4.78 is 5.13. The molecule has 1 unspecified atom stereocenters. The molecule has 0 bridgehead atoms. The highest BCUT2D eigenvalue weighted by molar-refractivity contribution is 6.31. The maximum absolute atomic E-state index is 12.0. The van der Waals surface area contributed by atoms with Gasteiger partial charge >= 0.3 is 0 Å². The quantitative estimate of drug-likeness (QED) is 0.842. The van der Waals surface area contributed by atoms with E-state index in [4.69, 9.17) is 16.3 Å². The van der Waals surface area contributed by atoms with Gasteiger partial charge in [-0.05, 0) is 43.4 Å². The van der Waals surface area contributed by atoms with Crippen LogP contribution in [-0.2, 0) is 0 Å². The lowest BCUT2D eigenvalue weighted by Gasteiger charge is -2.12. The minimum atomic E-state index is -0.304. The Morgan fingerprint density at radius 1 is 1.58 bits per heavy atom. The summed E-state index contributed by atoms with van der Waals surface area (Å²) in [7, 11) is 1.51. The minimum Gasteiger partial charge on any atom is -0.496 e. The first kappa shape index (κ1) is 14.2. The van der Waals surface area contributed by atoms with Crippen molar-refractivity contribution in [1.29, 1.82) is 0 Å². The molecule has 2 rings (SSSR count). The number of ether oxygens (including phenoxy) is 1. The number of carbonyl (C=O) groups is 1. The normalized spacial score (nSPS) is 15.9. The first-order valence-electron chi connectivity index (χ1n) is 6.41. The summed E-state index contributed by atoms with van der Waals surface area (Å²) in [5.74, 6) is 0.685. The fourth-order valence-electron chi connectivity index (χ4n) is 2.00. The predicted octanol–water partition coefficient (Wildman–Crippen LogP) is 2.24. The number of rotatable bonds is 6. The smallest absolute Gasteiger partial charge is 0.255 e. The number of hydrogen-bond acceptors (Lipinski definition) is 3. The van der Waals surface area contributed by atoms with Crippen molar-refractivity contribution in [2.45, 2.75) is 25.4 Å². The van der Waals surface area contributed by atoms with Crippen molar-refractivity contribution in [2.75, 3.05) is 13.7 Å². The van der Waals surface area contributed by atoms with Crippen LogP contribution in [0.15, 0.2) is 18.2 Å². The topological polar surface area (TPSA) is 58.6 Å². The van der Waals surface area contributed by atoms with Crippen LogP contribution in [0.5, 0.6) is 5.75 Å². The van der Waals surface area contributed by atoms with Crippen molar-refractivity contribution in [3.63, 3.8) is 0 Å². The molecule has 1 aromatic rings. The molecule has 1 aliphatic carbocycles. The van der Waals surface area contributed by atoms with Crippen LogP contribution in [0.3, 0.4) is 0 Å². The molecular formula is C14H18ClNO3. The molecule has 0 saturated heterocycles. The Balaban J connectivity index is 1.89. The van der Waals surface area contributed by atoms with Crippen molar-refractivity contribution in [3.8, 4) is 5.75 Å². The molecule has 1 saturated carbocycles. The summed E-state index contributed by atoms with van der Waals surface area (Å²) >= 11 is 5.88. The monoisotopic (exact) mass is 283 g/mol. The molecule has 4 nitrogen and oxygen atoms in total. The molecule has 0 heterocycles. The van der Waals surface area contributed by atoms with Gasteiger partial charge in [-0.25, -0.2) is 0 Å². The van der Waals surface area contributed by atoms with E-state index < -0.39 is 0 Å². The van der Waals surface area contributed by atoms with Crippen LogP contribution in [0.4, 0.5) is 0 Å². The van der Waals surface area contributed by atoms with Crippen LogP contribution in [0.1, 0.15) is 29.6 Å². The average molecular weight is 284 g/mol. The Kier molecular flexibility index (Phi) is 4.66.